The van der Waals surface area contributed by atoms with Gasteiger partial charge in [-0.05, 0) is 23.8 Å². The van der Waals surface area contributed by atoms with Gasteiger partial charge in [0.05, 0.1) is 37.2 Å². The van der Waals surface area contributed by atoms with Crippen molar-refractivity contribution < 1.29 is 19.2 Å². The third-order valence-corrected chi connectivity index (χ3v) is 5.63. The molecular weight excluding hydrogens is 420 g/mol. The first kappa shape index (κ1) is 22.6. The molecule has 31 heavy (non-hydrogen) atoms. The molecular formula is C21H24N4O5S. The Morgan fingerprint density at radius 3 is 2.71 bits per heavy atom. The fourth-order valence-electron chi connectivity index (χ4n) is 3.04. The summed E-state index contributed by atoms with van der Waals surface area (Å²) in [6.07, 6.45) is 1.45. The van der Waals surface area contributed by atoms with Crippen LogP contribution in [0.1, 0.15) is 11.1 Å². The van der Waals surface area contributed by atoms with Crippen LogP contribution in [0.4, 0.5) is 11.4 Å². The average Bonchev–Trinajstić information content (AvgIpc) is 2.80. The zero-order valence-electron chi connectivity index (χ0n) is 17.2. The van der Waals surface area contributed by atoms with E-state index in [4.69, 9.17) is 9.47 Å². The van der Waals surface area contributed by atoms with Crippen molar-refractivity contribution in [1.29, 1.82) is 0 Å². The number of amides is 1. The number of hydrogen-bond acceptors (Lipinski definition) is 8. The van der Waals surface area contributed by atoms with Gasteiger partial charge in [-0.15, -0.1) is 11.8 Å². The number of carbonyl (C=O) groups is 1. The van der Waals surface area contributed by atoms with Crippen LogP contribution < -0.4 is 15.1 Å². The second-order valence-corrected chi connectivity index (χ2v) is 7.72. The predicted octanol–water partition coefficient (Wildman–Crippen LogP) is 2.82. The van der Waals surface area contributed by atoms with Gasteiger partial charge in [0, 0.05) is 42.2 Å². The van der Waals surface area contributed by atoms with Gasteiger partial charge in [0.1, 0.15) is 5.75 Å². The Kier molecular flexibility index (Phi) is 8.25. The number of non-ortho nitro benzene ring substituents is 1. The zero-order chi connectivity index (χ0) is 22.1. The van der Waals surface area contributed by atoms with Gasteiger partial charge in [-0.2, -0.15) is 5.10 Å². The number of nitrogens with zero attached hydrogens (tertiary/aromatic N) is 3. The summed E-state index contributed by atoms with van der Waals surface area (Å²) in [5.74, 6) is 1.48. The van der Waals surface area contributed by atoms with E-state index in [0.717, 1.165) is 17.0 Å². The summed E-state index contributed by atoms with van der Waals surface area (Å²) in [7, 11) is 1.62. The van der Waals surface area contributed by atoms with Crippen molar-refractivity contribution in [3.63, 3.8) is 0 Å². The minimum Gasteiger partial charge on any atom is -0.497 e. The van der Waals surface area contributed by atoms with Gasteiger partial charge in [0.2, 0.25) is 5.91 Å². The van der Waals surface area contributed by atoms with E-state index >= 15 is 0 Å². The van der Waals surface area contributed by atoms with Gasteiger partial charge < -0.3 is 14.4 Å². The lowest BCUT2D eigenvalue weighted by molar-refractivity contribution is -0.384. The quantitative estimate of drug-likeness (QED) is 0.360. The number of hydrogen-bond donors (Lipinski definition) is 1. The van der Waals surface area contributed by atoms with Gasteiger partial charge in [-0.25, -0.2) is 5.43 Å². The Hall–Kier alpha value is -3.11. The van der Waals surface area contributed by atoms with Gasteiger partial charge in [0.15, 0.2) is 0 Å². The molecule has 1 heterocycles. The topological polar surface area (TPSA) is 106 Å². The van der Waals surface area contributed by atoms with Crippen molar-refractivity contribution in [3.05, 3.63) is 63.7 Å². The van der Waals surface area contributed by atoms with E-state index in [9.17, 15) is 14.9 Å². The Balaban J connectivity index is 1.56. The molecule has 1 N–H and O–H groups in total. The number of rotatable bonds is 9. The fourth-order valence-corrected chi connectivity index (χ4v) is 3.82. The Bertz CT molecular complexity index is 930. The molecule has 2 aromatic carbocycles. The summed E-state index contributed by atoms with van der Waals surface area (Å²) in [5, 5.41) is 15.2. The van der Waals surface area contributed by atoms with Crippen LogP contribution in [0.25, 0.3) is 0 Å². The molecule has 164 valence electrons. The summed E-state index contributed by atoms with van der Waals surface area (Å²) < 4.78 is 10.5. The highest BCUT2D eigenvalue weighted by Gasteiger charge is 2.17. The lowest BCUT2D eigenvalue weighted by atomic mass is 10.1. The van der Waals surface area contributed by atoms with Gasteiger partial charge >= 0.3 is 0 Å². The summed E-state index contributed by atoms with van der Waals surface area (Å²) in [6.45, 7) is 2.56. The first-order valence-electron chi connectivity index (χ1n) is 9.70. The number of methoxy groups -OCH3 is 1. The number of ether oxygens (including phenoxy) is 2. The summed E-state index contributed by atoms with van der Waals surface area (Å²) >= 11 is 1.47. The molecule has 1 saturated heterocycles. The van der Waals surface area contributed by atoms with E-state index in [2.05, 4.69) is 15.4 Å². The summed E-state index contributed by atoms with van der Waals surface area (Å²) in [6, 6.07) is 12.3. The molecule has 3 rings (SSSR count). The highest BCUT2D eigenvalue weighted by molar-refractivity contribution is 7.99. The molecule has 9 nitrogen and oxygen atoms in total. The number of nitro groups is 1. The van der Waals surface area contributed by atoms with Crippen molar-refractivity contribution in [2.75, 3.05) is 44.1 Å². The van der Waals surface area contributed by atoms with Gasteiger partial charge in [-0.3, -0.25) is 14.9 Å². The Labute approximate surface area is 184 Å². The van der Waals surface area contributed by atoms with Crippen LogP contribution in [-0.4, -0.2) is 56.2 Å². The maximum atomic E-state index is 12.1. The lowest BCUT2D eigenvalue weighted by Gasteiger charge is -2.29. The van der Waals surface area contributed by atoms with Crippen LogP contribution in [-0.2, 0) is 15.3 Å². The van der Waals surface area contributed by atoms with Crippen LogP contribution in [0, 0.1) is 10.1 Å². The number of thioether (sulfide) groups is 1. The van der Waals surface area contributed by atoms with Crippen LogP contribution >= 0.6 is 11.8 Å². The van der Waals surface area contributed by atoms with Crippen molar-refractivity contribution in [3.8, 4) is 5.75 Å². The molecule has 10 heteroatoms. The average molecular weight is 445 g/mol. The van der Waals surface area contributed by atoms with Gasteiger partial charge in [0.25, 0.3) is 5.69 Å². The van der Waals surface area contributed by atoms with E-state index < -0.39 is 4.92 Å². The van der Waals surface area contributed by atoms with Gasteiger partial charge in [-0.1, -0.05) is 12.1 Å². The van der Waals surface area contributed by atoms with Crippen molar-refractivity contribution in [2.45, 2.75) is 5.75 Å². The normalized spacial score (nSPS) is 13.9. The van der Waals surface area contributed by atoms with Crippen LogP contribution in [0.2, 0.25) is 0 Å². The highest BCUT2D eigenvalue weighted by atomic mass is 32.2. The van der Waals surface area contributed by atoms with Crippen LogP contribution in [0.5, 0.6) is 5.75 Å². The second-order valence-electron chi connectivity index (χ2n) is 6.73. The number of nitrogens with one attached hydrogen (secondary N) is 1. The number of morpholine rings is 1. The molecule has 1 aliphatic heterocycles. The standard InChI is InChI=1S/C21H24N4O5S/c1-29-19-5-2-16(3-6-19)14-31-15-21(26)23-22-13-17-12-18(25(27)28)4-7-20(17)24-8-10-30-11-9-24/h2-7,12-13H,8-11,14-15H2,1H3,(H,23,26)/b22-13+. The van der Waals surface area contributed by atoms with Crippen molar-refractivity contribution in [2.24, 2.45) is 5.10 Å². The SMILES string of the molecule is COc1ccc(CSCC(=O)N/N=C/c2cc([N+](=O)[O-])ccc2N2CCOCC2)cc1. The largest absolute Gasteiger partial charge is 0.497 e. The molecule has 0 spiro atoms. The van der Waals surface area contributed by atoms with E-state index in [0.29, 0.717) is 37.6 Å². The predicted molar refractivity (Wildman–Crippen MR) is 121 cm³/mol. The number of anilines is 1. The number of nitro benzene ring substituents is 1. The second kappa shape index (κ2) is 11.3. The minimum absolute atomic E-state index is 0.0279. The molecule has 2 aromatic rings. The van der Waals surface area contributed by atoms with Crippen molar-refractivity contribution in [1.82, 2.24) is 5.43 Å². The summed E-state index contributed by atoms with van der Waals surface area (Å²) in [4.78, 5) is 24.9. The molecule has 1 amide bonds. The Morgan fingerprint density at radius 1 is 1.29 bits per heavy atom. The van der Waals surface area contributed by atoms with E-state index in [1.54, 1.807) is 13.2 Å². The molecule has 0 saturated carbocycles. The number of hydrazone groups is 1. The summed E-state index contributed by atoms with van der Waals surface area (Å²) in [5.41, 5.74) is 4.95. The van der Waals surface area contributed by atoms with Crippen LogP contribution in [0.15, 0.2) is 47.6 Å². The first-order chi connectivity index (χ1) is 15.1. The molecule has 0 aromatic heterocycles. The molecule has 0 aliphatic carbocycles. The fraction of sp³-hybridized carbons (Fsp3) is 0.333. The maximum absolute atomic E-state index is 12.1. The lowest BCUT2D eigenvalue weighted by Crippen LogP contribution is -2.36. The van der Waals surface area contributed by atoms with E-state index in [1.807, 2.05) is 24.3 Å². The molecule has 0 unspecified atom stereocenters. The molecule has 0 atom stereocenters. The third-order valence-electron chi connectivity index (χ3n) is 4.63. The molecule has 0 bridgehead atoms. The Morgan fingerprint density at radius 2 is 2.03 bits per heavy atom. The van der Waals surface area contributed by atoms with E-state index in [-0.39, 0.29) is 17.3 Å². The van der Waals surface area contributed by atoms with E-state index in [1.165, 1.54) is 30.1 Å². The number of carbonyl (C=O) groups excluding carboxylic acids is 1. The third kappa shape index (κ3) is 6.69. The molecule has 0 radical (unpaired) electrons. The maximum Gasteiger partial charge on any atom is 0.270 e. The minimum atomic E-state index is -0.450. The molecule has 1 aliphatic rings. The zero-order valence-corrected chi connectivity index (χ0v) is 18.0. The molecule has 1 fully saturated rings. The first-order valence-corrected chi connectivity index (χ1v) is 10.9. The highest BCUT2D eigenvalue weighted by Crippen LogP contribution is 2.25. The number of benzene rings is 2. The van der Waals surface area contributed by atoms with Crippen molar-refractivity contribution >= 4 is 35.3 Å². The van der Waals surface area contributed by atoms with Crippen LogP contribution in [0.3, 0.4) is 0 Å². The monoisotopic (exact) mass is 444 g/mol. The smallest absolute Gasteiger partial charge is 0.270 e.